The number of alkyl halides is 2. The Morgan fingerprint density at radius 1 is 1.19 bits per heavy atom. The molecule has 3 aliphatic rings. The molecule has 11 heteroatoms. The summed E-state index contributed by atoms with van der Waals surface area (Å²) in [5, 5.41) is 3.39. The van der Waals surface area contributed by atoms with Crippen LogP contribution in [-0.4, -0.2) is 65.5 Å². The molecule has 0 atom stereocenters. The van der Waals surface area contributed by atoms with Gasteiger partial charge in [-0.1, -0.05) is 0 Å². The van der Waals surface area contributed by atoms with Gasteiger partial charge in [0.1, 0.15) is 17.9 Å². The van der Waals surface area contributed by atoms with Crippen LogP contribution in [0, 0.1) is 17.2 Å². The third kappa shape index (κ3) is 5.65. The molecule has 0 bridgehead atoms. The monoisotopic (exact) mass is 539 g/mol. The van der Waals surface area contributed by atoms with E-state index in [1.165, 1.54) is 18.5 Å². The second-order valence-corrected chi connectivity index (χ2v) is 10.6. The fourth-order valence-electron chi connectivity index (χ4n) is 5.71. The summed E-state index contributed by atoms with van der Waals surface area (Å²) in [5.74, 6) is -0.513. The third-order valence-corrected chi connectivity index (χ3v) is 7.71. The summed E-state index contributed by atoms with van der Waals surface area (Å²) < 4.78 is 46.6. The molecule has 1 saturated carbocycles. The molecule has 1 aromatic heterocycles. The number of ether oxygens (including phenoxy) is 1. The number of benzene rings is 1. The first-order valence-electron chi connectivity index (χ1n) is 12.6. The summed E-state index contributed by atoms with van der Waals surface area (Å²) in [6.45, 7) is 7.44. The van der Waals surface area contributed by atoms with Gasteiger partial charge in [-0.15, -0.1) is 12.4 Å². The maximum atomic E-state index is 14.6. The molecule has 2 saturated heterocycles. The molecule has 1 spiro atoms. The van der Waals surface area contributed by atoms with Crippen molar-refractivity contribution >= 4 is 24.1 Å². The van der Waals surface area contributed by atoms with Crippen LogP contribution in [0.5, 0.6) is 11.5 Å². The summed E-state index contributed by atoms with van der Waals surface area (Å²) in [5.41, 5.74) is 0.409. The van der Waals surface area contributed by atoms with Crippen LogP contribution in [0.15, 0.2) is 30.7 Å². The second kappa shape index (κ2) is 11.0. The normalized spacial score (nSPS) is 22.3. The zero-order valence-electron chi connectivity index (χ0n) is 21.0. The Hall–Kier alpha value is -2.59. The van der Waals surface area contributed by atoms with Crippen LogP contribution in [0.4, 0.5) is 19.0 Å². The van der Waals surface area contributed by atoms with E-state index in [1.807, 2.05) is 13.8 Å². The molecule has 7 nitrogen and oxygen atoms in total. The highest BCUT2D eigenvalue weighted by atomic mass is 35.5. The lowest BCUT2D eigenvalue weighted by Crippen LogP contribution is -2.60. The van der Waals surface area contributed by atoms with Crippen molar-refractivity contribution in [1.82, 2.24) is 20.2 Å². The van der Waals surface area contributed by atoms with Gasteiger partial charge in [-0.3, -0.25) is 4.79 Å². The molecule has 5 rings (SSSR count). The number of halogens is 4. The van der Waals surface area contributed by atoms with Crippen LogP contribution in [0.1, 0.15) is 49.9 Å². The Morgan fingerprint density at radius 2 is 1.89 bits per heavy atom. The standard InChI is InChI=1S/C26H32F3N5O2.ClH/c1-16(2)34(20-8-17(9-20)23(28)29)25(35)18-7-19(27)11-21(10-18)36-22-12-31-15-32-24(22)33-13-26(14-33)3-5-30-6-4-26;/h7,10-12,15-17,20,23,30H,3-6,8-9,13-14H2,1-2H3;1H. The van der Waals surface area contributed by atoms with Gasteiger partial charge in [0.05, 0.1) is 6.20 Å². The predicted octanol–water partition coefficient (Wildman–Crippen LogP) is 4.91. The van der Waals surface area contributed by atoms with Crippen LogP contribution >= 0.6 is 12.4 Å². The zero-order valence-corrected chi connectivity index (χ0v) is 21.8. The van der Waals surface area contributed by atoms with Crippen LogP contribution < -0.4 is 15.0 Å². The first-order valence-corrected chi connectivity index (χ1v) is 12.6. The largest absolute Gasteiger partial charge is 0.452 e. The van der Waals surface area contributed by atoms with Crippen LogP contribution in [0.3, 0.4) is 0 Å². The molecular weight excluding hydrogens is 507 g/mol. The minimum Gasteiger partial charge on any atom is -0.452 e. The van der Waals surface area contributed by atoms with Crippen LogP contribution in [-0.2, 0) is 0 Å². The molecule has 3 heterocycles. The summed E-state index contributed by atoms with van der Waals surface area (Å²) in [6.07, 6.45) is 3.34. The molecule has 2 aliphatic heterocycles. The minimum absolute atomic E-state index is 0. The van der Waals surface area contributed by atoms with E-state index in [4.69, 9.17) is 4.74 Å². The van der Waals surface area contributed by atoms with Crippen molar-refractivity contribution in [3.8, 4) is 11.5 Å². The van der Waals surface area contributed by atoms with Crippen molar-refractivity contribution < 1.29 is 22.7 Å². The van der Waals surface area contributed by atoms with Crippen LogP contribution in [0.25, 0.3) is 0 Å². The number of carbonyl (C=O) groups excluding carboxylic acids is 1. The van der Waals surface area contributed by atoms with E-state index in [-0.39, 0.29) is 54.1 Å². The molecule has 3 fully saturated rings. The topological polar surface area (TPSA) is 70.6 Å². The summed E-state index contributed by atoms with van der Waals surface area (Å²) in [4.78, 5) is 25.5. The van der Waals surface area contributed by atoms with Gasteiger partial charge < -0.3 is 19.9 Å². The average molecular weight is 540 g/mol. The zero-order chi connectivity index (χ0) is 25.4. The number of nitrogens with zero attached hydrogens (tertiary/aromatic N) is 4. The van der Waals surface area contributed by atoms with E-state index in [1.54, 1.807) is 11.1 Å². The number of hydrogen-bond acceptors (Lipinski definition) is 6. The quantitative estimate of drug-likeness (QED) is 0.539. The fraction of sp³-hybridized carbons (Fsp3) is 0.577. The van der Waals surface area contributed by atoms with E-state index in [0.717, 1.165) is 45.1 Å². The highest BCUT2D eigenvalue weighted by molar-refractivity contribution is 5.95. The molecule has 1 N–H and O–H groups in total. The molecule has 1 aliphatic carbocycles. The van der Waals surface area contributed by atoms with Crippen LogP contribution in [0.2, 0.25) is 0 Å². The summed E-state index contributed by atoms with van der Waals surface area (Å²) in [6, 6.07) is 3.37. The molecule has 37 heavy (non-hydrogen) atoms. The van der Waals surface area contributed by atoms with Gasteiger partial charge in [0.2, 0.25) is 6.43 Å². The van der Waals surface area contributed by atoms with Crippen molar-refractivity contribution in [2.24, 2.45) is 11.3 Å². The van der Waals surface area contributed by atoms with Crippen molar-refractivity contribution in [2.75, 3.05) is 31.1 Å². The van der Waals surface area contributed by atoms with Gasteiger partial charge in [0.15, 0.2) is 11.6 Å². The van der Waals surface area contributed by atoms with Crippen molar-refractivity contribution in [3.63, 3.8) is 0 Å². The number of nitrogens with one attached hydrogen (secondary N) is 1. The Balaban J connectivity index is 0.00000320. The minimum atomic E-state index is -2.39. The van der Waals surface area contributed by atoms with Gasteiger partial charge in [-0.25, -0.2) is 23.1 Å². The summed E-state index contributed by atoms with van der Waals surface area (Å²) >= 11 is 0. The summed E-state index contributed by atoms with van der Waals surface area (Å²) in [7, 11) is 0. The molecule has 2 aromatic rings. The first kappa shape index (κ1) is 27.4. The number of aromatic nitrogens is 2. The lowest BCUT2D eigenvalue weighted by Gasteiger charge is -2.53. The number of piperidine rings is 1. The van der Waals surface area contributed by atoms with Gasteiger partial charge in [-0.2, -0.15) is 0 Å². The maximum Gasteiger partial charge on any atom is 0.254 e. The number of carbonyl (C=O) groups is 1. The Morgan fingerprint density at radius 3 is 2.54 bits per heavy atom. The molecular formula is C26H33ClF3N5O2. The highest BCUT2D eigenvalue weighted by Gasteiger charge is 2.45. The molecule has 202 valence electrons. The smallest absolute Gasteiger partial charge is 0.254 e. The van der Waals surface area contributed by atoms with E-state index >= 15 is 0 Å². The van der Waals surface area contributed by atoms with Gasteiger partial charge in [0, 0.05) is 48.1 Å². The van der Waals surface area contributed by atoms with Crippen molar-refractivity contribution in [3.05, 3.63) is 42.1 Å². The van der Waals surface area contributed by atoms with Gasteiger partial charge in [-0.05, 0) is 64.8 Å². The third-order valence-electron chi connectivity index (χ3n) is 7.71. The first-order chi connectivity index (χ1) is 17.2. The Labute approximate surface area is 221 Å². The van der Waals surface area contributed by atoms with Crippen molar-refractivity contribution in [1.29, 1.82) is 0 Å². The SMILES string of the molecule is CC(C)N(C(=O)c1cc(F)cc(Oc2cncnc2N2CC3(CCNCC3)C2)c1)C1CC(C(F)F)C1.Cl. The lowest BCUT2D eigenvalue weighted by atomic mass is 9.72. The number of rotatable bonds is 7. The van der Waals surface area contributed by atoms with E-state index in [9.17, 15) is 18.0 Å². The van der Waals surface area contributed by atoms with Gasteiger partial charge >= 0.3 is 0 Å². The Kier molecular flexibility index (Phi) is 8.18. The van der Waals surface area contributed by atoms with E-state index in [0.29, 0.717) is 11.6 Å². The lowest BCUT2D eigenvalue weighted by molar-refractivity contribution is -0.0245. The average Bonchev–Trinajstić information content (AvgIpc) is 2.79. The molecule has 1 aromatic carbocycles. The maximum absolute atomic E-state index is 14.6. The van der Waals surface area contributed by atoms with Gasteiger partial charge in [0.25, 0.3) is 5.91 Å². The number of anilines is 1. The number of amides is 1. The number of hydrogen-bond donors (Lipinski definition) is 1. The highest BCUT2D eigenvalue weighted by Crippen LogP contribution is 2.43. The molecule has 0 radical (unpaired) electrons. The van der Waals surface area contributed by atoms with E-state index < -0.39 is 24.1 Å². The molecule has 0 unspecified atom stereocenters. The molecule has 1 amide bonds. The fourth-order valence-corrected chi connectivity index (χ4v) is 5.71. The second-order valence-electron chi connectivity index (χ2n) is 10.6. The van der Waals surface area contributed by atoms with Crippen molar-refractivity contribution in [2.45, 2.75) is 58.0 Å². The Bertz CT molecular complexity index is 1100. The van der Waals surface area contributed by atoms with E-state index in [2.05, 4.69) is 20.2 Å². The predicted molar refractivity (Wildman–Crippen MR) is 136 cm³/mol.